The van der Waals surface area contributed by atoms with Crippen LogP contribution in [0.5, 0.6) is 0 Å². The van der Waals surface area contributed by atoms with E-state index in [0.717, 1.165) is 12.3 Å². The first-order valence-corrected chi connectivity index (χ1v) is 5.00. The van der Waals surface area contributed by atoms with Gasteiger partial charge in [0, 0.05) is 0 Å². The van der Waals surface area contributed by atoms with E-state index in [9.17, 15) is 0 Å². The molecular weight excluding hydrogens is 152 g/mol. The van der Waals surface area contributed by atoms with Crippen molar-refractivity contribution in [3.63, 3.8) is 0 Å². The van der Waals surface area contributed by atoms with Gasteiger partial charge in [-0.1, -0.05) is 33.1 Å². The number of rotatable bonds is 6. The number of epoxide rings is 1. The van der Waals surface area contributed by atoms with Crippen LogP contribution < -0.4 is 0 Å². The minimum absolute atomic E-state index is 0.170. The number of aliphatic hydroxyl groups is 1. The highest BCUT2D eigenvalue weighted by Gasteiger charge is 2.36. The molecule has 0 amide bonds. The van der Waals surface area contributed by atoms with Crippen molar-refractivity contribution in [3.8, 4) is 0 Å². The summed E-state index contributed by atoms with van der Waals surface area (Å²) in [4.78, 5) is 0. The Labute approximate surface area is 74.9 Å². The largest absolute Gasteiger partial charge is 0.394 e. The Morgan fingerprint density at radius 2 is 2.00 bits per heavy atom. The molecule has 72 valence electrons. The maximum atomic E-state index is 8.70. The van der Waals surface area contributed by atoms with Crippen molar-refractivity contribution in [2.45, 2.75) is 51.7 Å². The molecule has 0 aromatic heterocycles. The van der Waals surface area contributed by atoms with Crippen LogP contribution in [0, 0.1) is 5.92 Å². The molecule has 2 nitrogen and oxygen atoms in total. The van der Waals surface area contributed by atoms with E-state index >= 15 is 0 Å². The second-order valence-electron chi connectivity index (χ2n) is 4.07. The van der Waals surface area contributed by atoms with Crippen molar-refractivity contribution in [1.82, 2.24) is 0 Å². The maximum absolute atomic E-state index is 8.70. The van der Waals surface area contributed by atoms with Crippen molar-refractivity contribution >= 4 is 0 Å². The van der Waals surface area contributed by atoms with Crippen LogP contribution in [0.3, 0.4) is 0 Å². The second kappa shape index (κ2) is 4.83. The van der Waals surface area contributed by atoms with Gasteiger partial charge in [0.1, 0.15) is 6.10 Å². The summed E-state index contributed by atoms with van der Waals surface area (Å²) in [7, 11) is 0. The van der Waals surface area contributed by atoms with Crippen molar-refractivity contribution in [2.24, 2.45) is 5.92 Å². The lowest BCUT2D eigenvalue weighted by molar-refractivity contribution is 0.241. The predicted octanol–water partition coefficient (Wildman–Crippen LogP) is 1.96. The highest BCUT2D eigenvalue weighted by molar-refractivity contribution is 4.83. The number of hydrogen-bond donors (Lipinski definition) is 1. The average Bonchev–Trinajstić information content (AvgIpc) is 2.76. The van der Waals surface area contributed by atoms with Crippen LogP contribution in [0.25, 0.3) is 0 Å². The third-order valence-corrected chi connectivity index (χ3v) is 2.39. The summed E-state index contributed by atoms with van der Waals surface area (Å²) in [5.41, 5.74) is 0. The van der Waals surface area contributed by atoms with E-state index in [1.54, 1.807) is 0 Å². The SMILES string of the molecule is CC(C)CCCCC1O[C@@H]1CO. The van der Waals surface area contributed by atoms with E-state index in [-0.39, 0.29) is 12.7 Å². The third-order valence-electron chi connectivity index (χ3n) is 2.39. The third kappa shape index (κ3) is 3.55. The van der Waals surface area contributed by atoms with Crippen LogP contribution in [0.15, 0.2) is 0 Å². The molecule has 1 N–H and O–H groups in total. The summed E-state index contributed by atoms with van der Waals surface area (Å²) >= 11 is 0. The van der Waals surface area contributed by atoms with Crippen LogP contribution in [-0.4, -0.2) is 23.9 Å². The van der Waals surface area contributed by atoms with Gasteiger partial charge in [0.2, 0.25) is 0 Å². The van der Waals surface area contributed by atoms with Crippen LogP contribution in [-0.2, 0) is 4.74 Å². The molecule has 0 radical (unpaired) electrons. The number of aliphatic hydroxyl groups excluding tert-OH is 1. The summed E-state index contributed by atoms with van der Waals surface area (Å²) in [5, 5.41) is 8.70. The van der Waals surface area contributed by atoms with Gasteiger partial charge in [0.25, 0.3) is 0 Å². The standard InChI is InChI=1S/C10H20O2/c1-8(2)5-3-4-6-9-10(7-11)12-9/h8-11H,3-7H2,1-2H3/t9?,10-/m1/s1. The Balaban J connectivity index is 1.84. The molecule has 1 aliphatic heterocycles. The number of hydrogen-bond acceptors (Lipinski definition) is 2. The van der Waals surface area contributed by atoms with E-state index in [1.165, 1.54) is 19.3 Å². The van der Waals surface area contributed by atoms with Gasteiger partial charge in [-0.25, -0.2) is 0 Å². The van der Waals surface area contributed by atoms with E-state index in [2.05, 4.69) is 13.8 Å². The quantitative estimate of drug-likeness (QED) is 0.490. The fraction of sp³-hybridized carbons (Fsp3) is 1.00. The Morgan fingerprint density at radius 3 is 2.50 bits per heavy atom. The summed E-state index contributed by atoms with van der Waals surface area (Å²) in [6, 6.07) is 0. The molecule has 0 saturated carbocycles. The number of ether oxygens (including phenoxy) is 1. The lowest BCUT2D eigenvalue weighted by Gasteiger charge is -2.02. The molecular formula is C10H20O2. The Bertz CT molecular complexity index is 123. The zero-order valence-corrected chi connectivity index (χ0v) is 8.12. The highest BCUT2D eigenvalue weighted by atomic mass is 16.6. The molecule has 1 saturated heterocycles. The fourth-order valence-corrected chi connectivity index (χ4v) is 1.49. The Kier molecular flexibility index (Phi) is 4.02. The monoisotopic (exact) mass is 172 g/mol. The molecule has 1 fully saturated rings. The Morgan fingerprint density at radius 1 is 1.25 bits per heavy atom. The van der Waals surface area contributed by atoms with Crippen LogP contribution in [0.1, 0.15) is 39.5 Å². The lowest BCUT2D eigenvalue weighted by atomic mass is 10.0. The summed E-state index contributed by atoms with van der Waals surface area (Å²) in [6.45, 7) is 4.71. The minimum atomic E-state index is 0.170. The van der Waals surface area contributed by atoms with Gasteiger partial charge in [0.05, 0.1) is 12.7 Å². The normalized spacial score (nSPS) is 28.0. The predicted molar refractivity (Wildman–Crippen MR) is 49.1 cm³/mol. The molecule has 2 heteroatoms. The summed E-state index contributed by atoms with van der Waals surface area (Å²) < 4.78 is 5.22. The lowest BCUT2D eigenvalue weighted by Crippen LogP contribution is -1.99. The van der Waals surface area contributed by atoms with Gasteiger partial charge in [-0.3, -0.25) is 0 Å². The van der Waals surface area contributed by atoms with Crippen molar-refractivity contribution in [1.29, 1.82) is 0 Å². The van der Waals surface area contributed by atoms with Gasteiger partial charge in [-0.2, -0.15) is 0 Å². The molecule has 1 aliphatic rings. The second-order valence-corrected chi connectivity index (χ2v) is 4.07. The summed E-state index contributed by atoms with van der Waals surface area (Å²) in [6.07, 6.45) is 5.55. The Hall–Kier alpha value is -0.0800. The number of unbranched alkanes of at least 4 members (excludes halogenated alkanes) is 1. The molecule has 1 unspecified atom stereocenters. The molecule has 0 aromatic carbocycles. The maximum Gasteiger partial charge on any atom is 0.107 e. The van der Waals surface area contributed by atoms with Crippen LogP contribution >= 0.6 is 0 Å². The molecule has 12 heavy (non-hydrogen) atoms. The first-order valence-electron chi connectivity index (χ1n) is 5.00. The zero-order valence-electron chi connectivity index (χ0n) is 8.12. The topological polar surface area (TPSA) is 32.8 Å². The van der Waals surface area contributed by atoms with E-state index in [0.29, 0.717) is 6.10 Å². The molecule has 0 bridgehead atoms. The average molecular weight is 172 g/mol. The highest BCUT2D eigenvalue weighted by Crippen LogP contribution is 2.26. The zero-order chi connectivity index (χ0) is 8.97. The minimum Gasteiger partial charge on any atom is -0.394 e. The fourth-order valence-electron chi connectivity index (χ4n) is 1.49. The smallest absolute Gasteiger partial charge is 0.107 e. The summed E-state index contributed by atoms with van der Waals surface area (Å²) in [5.74, 6) is 0.818. The molecule has 0 aliphatic carbocycles. The van der Waals surface area contributed by atoms with Gasteiger partial charge in [-0.15, -0.1) is 0 Å². The van der Waals surface area contributed by atoms with E-state index in [1.807, 2.05) is 0 Å². The van der Waals surface area contributed by atoms with Gasteiger partial charge >= 0.3 is 0 Å². The molecule has 0 aromatic rings. The van der Waals surface area contributed by atoms with Crippen molar-refractivity contribution in [2.75, 3.05) is 6.61 Å². The van der Waals surface area contributed by atoms with E-state index < -0.39 is 0 Å². The van der Waals surface area contributed by atoms with Gasteiger partial charge in [-0.05, 0) is 12.3 Å². The van der Waals surface area contributed by atoms with Crippen molar-refractivity contribution < 1.29 is 9.84 Å². The molecule has 0 spiro atoms. The molecule has 1 rings (SSSR count). The van der Waals surface area contributed by atoms with Crippen molar-refractivity contribution in [3.05, 3.63) is 0 Å². The van der Waals surface area contributed by atoms with Crippen LogP contribution in [0.2, 0.25) is 0 Å². The van der Waals surface area contributed by atoms with Gasteiger partial charge in [0.15, 0.2) is 0 Å². The van der Waals surface area contributed by atoms with Gasteiger partial charge < -0.3 is 9.84 Å². The molecule has 2 atom stereocenters. The van der Waals surface area contributed by atoms with E-state index in [4.69, 9.17) is 9.84 Å². The first kappa shape index (κ1) is 10.0. The first-order chi connectivity index (χ1) is 5.74. The molecule has 1 heterocycles. The van der Waals surface area contributed by atoms with Crippen LogP contribution in [0.4, 0.5) is 0 Å².